The Morgan fingerprint density at radius 3 is 2.39 bits per heavy atom. The number of alkyl halides is 3. The molecule has 1 saturated heterocycles. The van der Waals surface area contributed by atoms with Crippen LogP contribution in [0.5, 0.6) is 6.01 Å². The van der Waals surface area contributed by atoms with Crippen LogP contribution in [0.1, 0.15) is 50.7 Å². The van der Waals surface area contributed by atoms with Crippen LogP contribution >= 0.6 is 0 Å². The van der Waals surface area contributed by atoms with Crippen molar-refractivity contribution in [2.75, 3.05) is 41.9 Å². The van der Waals surface area contributed by atoms with Gasteiger partial charge in [-0.25, -0.2) is 24.7 Å². The van der Waals surface area contributed by atoms with E-state index in [1.54, 1.807) is 19.3 Å². The quantitative estimate of drug-likeness (QED) is 0.163. The normalized spacial score (nSPS) is 14.5. The third kappa shape index (κ3) is 9.28. The Hall–Kier alpha value is -5.12. The molecule has 0 radical (unpaired) electrons. The molecule has 1 aliphatic heterocycles. The number of β-amino-alcohol motifs (C(OH)–C–C–N with tert-alkyl or cyclic N) is 1. The molecule has 4 heterocycles. The van der Waals surface area contributed by atoms with Crippen LogP contribution in [-0.2, 0) is 12.7 Å². The summed E-state index contributed by atoms with van der Waals surface area (Å²) in [5.41, 5.74) is 0.0360. The largest absolute Gasteiger partial charge is 0.467 e. The van der Waals surface area contributed by atoms with Gasteiger partial charge in [0, 0.05) is 56.4 Å². The highest BCUT2D eigenvalue weighted by atomic mass is 19.4. The molecular weight excluding hydrogens is 641 g/mol. The molecule has 3 N–H and O–H groups in total. The second kappa shape index (κ2) is 15.4. The van der Waals surface area contributed by atoms with Gasteiger partial charge in [0.05, 0.1) is 30.8 Å². The zero-order chi connectivity index (χ0) is 35.0. The van der Waals surface area contributed by atoms with E-state index < -0.39 is 17.3 Å². The summed E-state index contributed by atoms with van der Waals surface area (Å²) in [4.78, 5) is 41.8. The van der Waals surface area contributed by atoms with E-state index in [2.05, 4.69) is 40.5 Å². The van der Waals surface area contributed by atoms with Gasteiger partial charge in [0.25, 0.3) is 0 Å². The van der Waals surface area contributed by atoms with Crippen LogP contribution in [0.2, 0.25) is 0 Å². The number of halogens is 3. The number of aromatic nitrogens is 6. The number of urea groups is 1. The van der Waals surface area contributed by atoms with Gasteiger partial charge in [-0.3, -0.25) is 9.88 Å². The van der Waals surface area contributed by atoms with E-state index in [1.165, 1.54) is 29.3 Å². The lowest BCUT2D eigenvalue weighted by Gasteiger charge is -2.45. The number of methoxy groups -OCH3 is 1. The van der Waals surface area contributed by atoms with Gasteiger partial charge in [-0.05, 0) is 31.7 Å². The number of benzene rings is 1. The predicted molar refractivity (Wildman–Crippen MR) is 177 cm³/mol. The van der Waals surface area contributed by atoms with Crippen LogP contribution in [-0.4, -0.2) is 79.4 Å². The first-order chi connectivity index (χ1) is 23.5. The van der Waals surface area contributed by atoms with E-state index in [1.807, 2.05) is 37.3 Å². The Morgan fingerprint density at radius 1 is 1.04 bits per heavy atom. The minimum absolute atomic E-state index is 0.0326. The summed E-state index contributed by atoms with van der Waals surface area (Å²) in [6, 6.07) is 9.18. The molecule has 16 heteroatoms. The number of anilines is 3. The van der Waals surface area contributed by atoms with Crippen LogP contribution in [0.4, 0.5) is 35.5 Å². The zero-order valence-corrected chi connectivity index (χ0v) is 27.5. The second-order valence-electron chi connectivity index (χ2n) is 12.1. The second-order valence-corrected chi connectivity index (χ2v) is 12.1. The molecule has 13 nitrogen and oxygen atoms in total. The van der Waals surface area contributed by atoms with Crippen LogP contribution in [0.3, 0.4) is 0 Å². The highest BCUT2D eigenvalue weighted by molar-refractivity contribution is 5.90. The molecule has 5 rings (SSSR count). The summed E-state index contributed by atoms with van der Waals surface area (Å²) in [5.74, 6) is 0.135. The van der Waals surface area contributed by atoms with Crippen molar-refractivity contribution in [3.63, 3.8) is 0 Å². The van der Waals surface area contributed by atoms with Crippen LogP contribution in [0.15, 0.2) is 61.3 Å². The lowest BCUT2D eigenvalue weighted by molar-refractivity contribution is -0.137. The van der Waals surface area contributed by atoms with Crippen molar-refractivity contribution in [1.82, 2.24) is 35.2 Å². The molecule has 1 aromatic carbocycles. The Bertz CT molecular complexity index is 1670. The van der Waals surface area contributed by atoms with Gasteiger partial charge >= 0.3 is 18.2 Å². The van der Waals surface area contributed by atoms with E-state index in [4.69, 9.17) is 4.74 Å². The van der Waals surface area contributed by atoms with Gasteiger partial charge in [0.1, 0.15) is 11.4 Å². The van der Waals surface area contributed by atoms with Crippen molar-refractivity contribution in [3.05, 3.63) is 72.4 Å². The number of hydrogen-bond acceptors (Lipinski definition) is 11. The number of aliphatic hydroxyl groups is 1. The maximum atomic E-state index is 13.8. The number of rotatable bonds is 14. The third-order valence-electron chi connectivity index (χ3n) is 7.89. The molecule has 0 saturated carbocycles. The van der Waals surface area contributed by atoms with Crippen molar-refractivity contribution in [2.24, 2.45) is 0 Å². The first-order valence-electron chi connectivity index (χ1n) is 15.9. The molecule has 0 bridgehead atoms. The topological polar surface area (TPSA) is 154 Å². The zero-order valence-electron chi connectivity index (χ0n) is 27.5. The summed E-state index contributed by atoms with van der Waals surface area (Å²) in [6.07, 6.45) is 4.88. The summed E-state index contributed by atoms with van der Waals surface area (Å²) < 4.78 is 46.3. The fourth-order valence-electron chi connectivity index (χ4n) is 5.48. The highest BCUT2D eigenvalue weighted by Crippen LogP contribution is 2.38. The molecule has 4 aromatic rings. The lowest BCUT2D eigenvalue weighted by atomic mass is 9.96. The Labute approximate surface area is 282 Å². The van der Waals surface area contributed by atoms with Crippen molar-refractivity contribution >= 4 is 23.6 Å². The van der Waals surface area contributed by atoms with Crippen LogP contribution in [0.25, 0.3) is 11.3 Å². The molecular formula is C33H39F3N10O3. The minimum atomic E-state index is -4.65. The summed E-state index contributed by atoms with van der Waals surface area (Å²) in [7, 11) is 1.47. The van der Waals surface area contributed by atoms with Crippen molar-refractivity contribution in [3.8, 4) is 17.3 Å². The molecule has 3 aromatic heterocycles. The number of nitrogens with zero attached hydrogens (tertiary/aromatic N) is 8. The molecule has 49 heavy (non-hydrogen) atoms. The first kappa shape index (κ1) is 35.2. The third-order valence-corrected chi connectivity index (χ3v) is 7.89. The SMILES string of the molecule is CCCC(CCCN(C(=O)NCc1ccccc1)c1cnc(-c2cnc(OC)nc2)cn1)Nc1ncc(C(F)(F)F)c(N2CC(C)(O)C2)n1. The summed E-state index contributed by atoms with van der Waals surface area (Å²) in [6.45, 7) is 4.23. The van der Waals surface area contributed by atoms with Crippen LogP contribution < -0.4 is 25.2 Å². The molecule has 260 valence electrons. The number of amides is 2. The van der Waals surface area contributed by atoms with Crippen molar-refractivity contribution in [2.45, 2.75) is 63.9 Å². The van der Waals surface area contributed by atoms with Gasteiger partial charge < -0.3 is 25.4 Å². The molecule has 1 aliphatic rings. The Balaban J connectivity index is 1.29. The molecule has 1 fully saturated rings. The van der Waals surface area contributed by atoms with E-state index in [0.29, 0.717) is 42.9 Å². The van der Waals surface area contributed by atoms with Gasteiger partial charge in [-0.15, -0.1) is 0 Å². The highest BCUT2D eigenvalue weighted by Gasteiger charge is 2.43. The van der Waals surface area contributed by atoms with E-state index in [0.717, 1.165) is 18.2 Å². The van der Waals surface area contributed by atoms with Gasteiger partial charge in [-0.2, -0.15) is 18.2 Å². The predicted octanol–water partition coefficient (Wildman–Crippen LogP) is 5.10. The van der Waals surface area contributed by atoms with Crippen LogP contribution in [0, 0.1) is 0 Å². The number of ether oxygens (including phenoxy) is 1. The lowest BCUT2D eigenvalue weighted by Crippen LogP contribution is -2.60. The van der Waals surface area contributed by atoms with E-state index in [-0.39, 0.29) is 49.5 Å². The molecule has 0 spiro atoms. The minimum Gasteiger partial charge on any atom is -0.467 e. The monoisotopic (exact) mass is 680 g/mol. The fraction of sp³-hybridized carbons (Fsp3) is 0.424. The molecule has 2 amide bonds. The molecule has 1 atom stereocenters. The molecule has 0 aliphatic carbocycles. The number of carbonyl (C=O) groups excluding carboxylic acids is 1. The molecule has 1 unspecified atom stereocenters. The van der Waals surface area contributed by atoms with E-state index >= 15 is 0 Å². The van der Waals surface area contributed by atoms with Gasteiger partial charge in [0.2, 0.25) is 5.95 Å². The maximum Gasteiger partial charge on any atom is 0.421 e. The average molecular weight is 681 g/mol. The Kier molecular flexibility index (Phi) is 11.1. The maximum absolute atomic E-state index is 13.8. The van der Waals surface area contributed by atoms with Gasteiger partial charge in [0.15, 0.2) is 5.82 Å². The fourth-order valence-corrected chi connectivity index (χ4v) is 5.48. The van der Waals surface area contributed by atoms with Gasteiger partial charge in [-0.1, -0.05) is 43.7 Å². The van der Waals surface area contributed by atoms with Crippen molar-refractivity contribution in [1.29, 1.82) is 0 Å². The van der Waals surface area contributed by atoms with Crippen molar-refractivity contribution < 1.29 is 27.8 Å². The standard InChI is InChI=1S/C33H39F3N10O3/c1-4-9-24(43-29-39-17-25(33(34,35)36)28(44-29)45-20-32(2,48)21-45)12-8-13-46(31(47)42-14-22-10-6-5-7-11-22)27-19-37-26(18-38-27)23-15-40-30(49-3)41-16-23/h5-7,10-11,15-19,24,48H,4,8-9,12-14,20-21H2,1-3H3,(H,42,47)(H,39,43,44). The summed E-state index contributed by atoms with van der Waals surface area (Å²) >= 11 is 0. The van der Waals surface area contributed by atoms with E-state index in [9.17, 15) is 23.1 Å². The number of nitrogens with one attached hydrogen (secondary N) is 2. The summed E-state index contributed by atoms with van der Waals surface area (Å²) in [5, 5.41) is 16.3. The smallest absolute Gasteiger partial charge is 0.421 e. The number of hydrogen-bond donors (Lipinski definition) is 3. The average Bonchev–Trinajstić information content (AvgIpc) is 3.08. The first-order valence-corrected chi connectivity index (χ1v) is 15.9. The number of carbonyl (C=O) groups is 1. The Morgan fingerprint density at radius 2 is 1.78 bits per heavy atom.